The van der Waals surface area contributed by atoms with Crippen molar-refractivity contribution in [3.8, 4) is 0 Å². The molecule has 32 heavy (non-hydrogen) atoms. The Hall–Kier alpha value is 1.09. The predicted molar refractivity (Wildman–Crippen MR) is 154 cm³/mol. The fourth-order valence-electron chi connectivity index (χ4n) is 4.87. The first-order chi connectivity index (χ1) is 15.5. The number of halogens is 3. The maximum Gasteiger partial charge on any atom is 0.341 e. The van der Waals surface area contributed by atoms with Crippen molar-refractivity contribution in [1.29, 1.82) is 0 Å². The van der Waals surface area contributed by atoms with E-state index in [9.17, 15) is 0 Å². The second-order valence-electron chi connectivity index (χ2n) is 10.3. The van der Waals surface area contributed by atoms with E-state index in [1.165, 1.54) is 154 Å². The molecule has 0 aliphatic carbocycles. The van der Waals surface area contributed by atoms with Gasteiger partial charge in [0, 0.05) is 0 Å². The molecule has 0 spiro atoms. The van der Waals surface area contributed by atoms with Crippen molar-refractivity contribution >= 4 is 39.2 Å². The fraction of sp³-hybridized carbons (Fsp3) is 1.00. The van der Waals surface area contributed by atoms with E-state index in [0.29, 0.717) is 5.92 Å². The van der Waals surface area contributed by atoms with Crippen LogP contribution in [0, 0.1) is 5.92 Å². The van der Waals surface area contributed by atoms with Crippen LogP contribution in [0.1, 0.15) is 168 Å². The Morgan fingerprint density at radius 1 is 0.406 bits per heavy atom. The van der Waals surface area contributed by atoms with Crippen LogP contribution < -0.4 is 0 Å². The zero-order valence-corrected chi connectivity index (χ0v) is 25.2. The minimum absolute atomic E-state index is 0.645. The van der Waals surface area contributed by atoms with Crippen molar-refractivity contribution in [2.45, 2.75) is 174 Å². The molecule has 0 aromatic carbocycles. The van der Waals surface area contributed by atoms with Crippen LogP contribution in [0.3, 0.4) is 0 Å². The Kier molecular flexibility index (Phi) is 26.0. The largest absolute Gasteiger partial charge is 0.341 e. The second-order valence-corrected chi connectivity index (χ2v) is 19.5. The third-order valence-corrected chi connectivity index (χ3v) is 9.38. The summed E-state index contributed by atoms with van der Waals surface area (Å²) in [5.41, 5.74) is 0. The summed E-state index contributed by atoms with van der Waals surface area (Å²) in [4.78, 5) is 0. The van der Waals surface area contributed by atoms with E-state index in [4.69, 9.17) is 33.2 Å². The maximum atomic E-state index is 6.28. The molecule has 0 bridgehead atoms. The summed E-state index contributed by atoms with van der Waals surface area (Å²) < 4.78 is 0. The minimum Gasteiger partial charge on any atom is -0.126 e. The molecule has 0 fully saturated rings. The highest BCUT2D eigenvalue weighted by molar-refractivity contribution is 7.64. The second kappa shape index (κ2) is 25.2. The van der Waals surface area contributed by atoms with Gasteiger partial charge in [0.2, 0.25) is 0 Å². The van der Waals surface area contributed by atoms with Gasteiger partial charge in [-0.05, 0) is 12.0 Å². The van der Waals surface area contributed by atoms with Crippen molar-refractivity contribution in [3.05, 3.63) is 0 Å². The quantitative estimate of drug-likeness (QED) is 0.0595. The first-order valence-corrected chi connectivity index (χ1v) is 19.8. The van der Waals surface area contributed by atoms with Crippen molar-refractivity contribution < 1.29 is 0 Å². The number of rotatable bonds is 26. The predicted octanol–water partition coefficient (Wildman–Crippen LogP) is 12.7. The molecule has 0 radical (unpaired) electrons. The lowest BCUT2D eigenvalue weighted by atomic mass is 9.95. The fourth-order valence-corrected chi connectivity index (χ4v) is 7.90. The Balaban J connectivity index is 3.66. The average molecular weight is 528 g/mol. The first-order valence-electron chi connectivity index (χ1n) is 14.6. The zero-order valence-electron chi connectivity index (χ0n) is 21.9. The summed E-state index contributed by atoms with van der Waals surface area (Å²) in [6.45, 7) is 4.58. The van der Waals surface area contributed by atoms with E-state index in [0.717, 1.165) is 6.04 Å². The highest BCUT2D eigenvalue weighted by Crippen LogP contribution is 2.34. The summed E-state index contributed by atoms with van der Waals surface area (Å²) in [6.07, 6.45) is 33.4. The lowest BCUT2D eigenvalue weighted by molar-refractivity contribution is 0.428. The first kappa shape index (κ1) is 33.1. The Morgan fingerprint density at radius 3 is 0.906 bits per heavy atom. The van der Waals surface area contributed by atoms with Crippen LogP contribution in [-0.4, -0.2) is 6.00 Å². The zero-order chi connectivity index (χ0) is 23.8. The summed E-state index contributed by atoms with van der Waals surface area (Å²) >= 11 is 18.8. The van der Waals surface area contributed by atoms with Crippen LogP contribution in [0.5, 0.6) is 0 Å². The van der Waals surface area contributed by atoms with E-state index in [2.05, 4.69) is 13.8 Å². The van der Waals surface area contributed by atoms with Crippen molar-refractivity contribution in [1.82, 2.24) is 0 Å². The maximum absolute atomic E-state index is 6.28. The summed E-state index contributed by atoms with van der Waals surface area (Å²) in [7, 11) is 0. The number of hydrogen-bond acceptors (Lipinski definition) is 0. The van der Waals surface area contributed by atoms with Crippen LogP contribution in [0.4, 0.5) is 0 Å². The van der Waals surface area contributed by atoms with Gasteiger partial charge in [0.15, 0.2) is 0 Å². The Morgan fingerprint density at radius 2 is 0.656 bits per heavy atom. The summed E-state index contributed by atoms with van der Waals surface area (Å²) in [5.74, 6) is 0.645. The molecule has 0 aliphatic heterocycles. The van der Waals surface area contributed by atoms with Crippen molar-refractivity contribution in [2.24, 2.45) is 5.92 Å². The molecule has 0 rings (SSSR count). The van der Waals surface area contributed by atoms with Gasteiger partial charge in [0.05, 0.1) is 0 Å². The third kappa shape index (κ3) is 27.3. The van der Waals surface area contributed by atoms with Gasteiger partial charge in [-0.25, -0.2) is 0 Å². The summed E-state index contributed by atoms with van der Waals surface area (Å²) in [5, 5.41) is 0. The third-order valence-electron chi connectivity index (χ3n) is 6.95. The Labute approximate surface area is 218 Å². The van der Waals surface area contributed by atoms with Gasteiger partial charge in [0.1, 0.15) is 0 Å². The minimum atomic E-state index is -2.50. The lowest BCUT2D eigenvalue weighted by Gasteiger charge is -2.20. The van der Waals surface area contributed by atoms with E-state index >= 15 is 0 Å². The number of hydrogen-bond donors (Lipinski definition) is 0. The van der Waals surface area contributed by atoms with E-state index in [1.54, 1.807) is 0 Å². The van der Waals surface area contributed by atoms with Gasteiger partial charge in [-0.15, -0.1) is 33.2 Å². The molecule has 0 nitrogen and oxygen atoms in total. The molecule has 194 valence electrons. The molecule has 0 unspecified atom stereocenters. The molecule has 0 aliphatic rings. The monoisotopic (exact) mass is 526 g/mol. The number of unbranched alkanes of at least 4 members (excludes halogenated alkanes) is 20. The van der Waals surface area contributed by atoms with Crippen LogP contribution in [0.15, 0.2) is 0 Å². The highest BCUT2D eigenvalue weighted by atomic mass is 35.8. The van der Waals surface area contributed by atoms with Crippen LogP contribution in [0.25, 0.3) is 0 Å². The normalized spacial score (nSPS) is 13.0. The van der Waals surface area contributed by atoms with Crippen molar-refractivity contribution in [2.75, 3.05) is 0 Å². The smallest absolute Gasteiger partial charge is 0.126 e. The molecule has 0 saturated heterocycles. The van der Waals surface area contributed by atoms with Crippen LogP contribution >= 0.6 is 33.2 Å². The van der Waals surface area contributed by atoms with Crippen molar-refractivity contribution in [3.63, 3.8) is 0 Å². The van der Waals surface area contributed by atoms with Gasteiger partial charge >= 0.3 is 6.00 Å². The van der Waals surface area contributed by atoms with E-state index < -0.39 is 6.00 Å². The molecule has 0 aromatic rings. The van der Waals surface area contributed by atoms with Gasteiger partial charge in [-0.3, -0.25) is 0 Å². The SMILES string of the molecule is CCCCCCCCCCCCCC[C@H](CCCCCCCCCCCC)C[Si](Cl)(Cl)Cl. The Bertz CT molecular complexity index is 357. The molecule has 0 N–H and O–H groups in total. The standard InChI is InChI=1S/C28H57Cl3Si/c1-3-5-7-9-11-13-15-16-18-20-22-24-26-28(27-32(29,30)31)25-23-21-19-17-14-12-10-8-6-4-2/h28H,3-27H2,1-2H3/t28-/m0/s1. The molecule has 1 atom stereocenters. The molecular formula is C28H57Cl3Si. The van der Waals surface area contributed by atoms with Crippen LogP contribution in [0.2, 0.25) is 6.04 Å². The van der Waals surface area contributed by atoms with Crippen LogP contribution in [-0.2, 0) is 0 Å². The molecular weight excluding hydrogens is 471 g/mol. The molecule has 0 aromatic heterocycles. The molecule has 0 amide bonds. The van der Waals surface area contributed by atoms with Gasteiger partial charge in [0.25, 0.3) is 0 Å². The molecule has 4 heteroatoms. The van der Waals surface area contributed by atoms with Gasteiger partial charge < -0.3 is 0 Å². The molecule has 0 saturated carbocycles. The van der Waals surface area contributed by atoms with Gasteiger partial charge in [-0.2, -0.15) is 0 Å². The summed E-state index contributed by atoms with van der Waals surface area (Å²) in [6, 6.07) is -1.64. The van der Waals surface area contributed by atoms with E-state index in [-0.39, 0.29) is 0 Å². The highest BCUT2D eigenvalue weighted by Gasteiger charge is 2.29. The average Bonchev–Trinajstić information content (AvgIpc) is 2.74. The van der Waals surface area contributed by atoms with Gasteiger partial charge in [-0.1, -0.05) is 168 Å². The molecule has 0 heterocycles. The van der Waals surface area contributed by atoms with E-state index in [1.807, 2.05) is 0 Å². The topological polar surface area (TPSA) is 0 Å². The lowest BCUT2D eigenvalue weighted by Crippen LogP contribution is -2.16.